The van der Waals surface area contributed by atoms with E-state index in [1.807, 2.05) is 0 Å². The Morgan fingerprint density at radius 3 is 2.45 bits per heavy atom. The van der Waals surface area contributed by atoms with Gasteiger partial charge in [0.25, 0.3) is 5.56 Å². The highest BCUT2D eigenvalue weighted by Gasteiger charge is 2.07. The first-order chi connectivity index (χ1) is 9.65. The first-order valence-electron chi connectivity index (χ1n) is 6.11. The van der Waals surface area contributed by atoms with Crippen LogP contribution in [0.5, 0.6) is 0 Å². The molecule has 1 aromatic heterocycles. The van der Waals surface area contributed by atoms with Crippen LogP contribution < -0.4 is 11.2 Å². The van der Waals surface area contributed by atoms with Crippen molar-refractivity contribution in [2.75, 3.05) is 0 Å². The zero-order valence-corrected chi connectivity index (χ0v) is 11.2. The Bertz CT molecular complexity index is 879. The summed E-state index contributed by atoms with van der Waals surface area (Å²) >= 11 is 5.82. The van der Waals surface area contributed by atoms with Crippen molar-refractivity contribution < 1.29 is 0 Å². The Labute approximate surface area is 119 Å². The van der Waals surface area contributed by atoms with Gasteiger partial charge in [-0.25, -0.2) is 4.79 Å². The average molecular weight is 287 g/mol. The number of hydrogen-bond acceptors (Lipinski definition) is 2. The van der Waals surface area contributed by atoms with E-state index < -0.39 is 5.69 Å². The summed E-state index contributed by atoms with van der Waals surface area (Å²) in [6, 6.07) is 14.0. The van der Waals surface area contributed by atoms with Crippen molar-refractivity contribution in [1.82, 2.24) is 9.55 Å². The van der Waals surface area contributed by atoms with Crippen LogP contribution >= 0.6 is 11.6 Å². The van der Waals surface area contributed by atoms with Gasteiger partial charge in [0.05, 0.1) is 17.4 Å². The molecule has 0 fully saturated rings. The maximum absolute atomic E-state index is 12.3. The summed E-state index contributed by atoms with van der Waals surface area (Å²) in [5, 5.41) is 1.12. The molecule has 0 aliphatic carbocycles. The Kier molecular flexibility index (Phi) is 3.16. The van der Waals surface area contributed by atoms with Gasteiger partial charge in [-0.1, -0.05) is 35.9 Å². The van der Waals surface area contributed by atoms with E-state index in [-0.39, 0.29) is 12.1 Å². The van der Waals surface area contributed by atoms with Crippen molar-refractivity contribution in [1.29, 1.82) is 0 Å². The molecule has 2 aromatic carbocycles. The molecule has 4 nitrogen and oxygen atoms in total. The number of nitrogens with zero attached hydrogens (tertiary/aromatic N) is 1. The monoisotopic (exact) mass is 286 g/mol. The lowest BCUT2D eigenvalue weighted by atomic mass is 10.2. The highest BCUT2D eigenvalue weighted by molar-refractivity contribution is 6.30. The Balaban J connectivity index is 2.14. The fourth-order valence-corrected chi connectivity index (χ4v) is 2.24. The normalized spacial score (nSPS) is 10.8. The SMILES string of the molecule is O=c1[nH]c2ccccc2c(=O)n1Cc1ccc(Cl)cc1. The van der Waals surface area contributed by atoms with Crippen LogP contribution in [-0.2, 0) is 6.54 Å². The summed E-state index contributed by atoms with van der Waals surface area (Å²) in [6.07, 6.45) is 0. The maximum Gasteiger partial charge on any atom is 0.329 e. The minimum atomic E-state index is -0.413. The van der Waals surface area contributed by atoms with Gasteiger partial charge in [-0.15, -0.1) is 0 Å². The van der Waals surface area contributed by atoms with Gasteiger partial charge in [0.1, 0.15) is 0 Å². The van der Waals surface area contributed by atoms with Gasteiger partial charge in [0, 0.05) is 5.02 Å². The molecule has 0 saturated heterocycles. The number of benzene rings is 2. The minimum Gasteiger partial charge on any atom is -0.307 e. The lowest BCUT2D eigenvalue weighted by Gasteiger charge is -2.06. The lowest BCUT2D eigenvalue weighted by Crippen LogP contribution is -2.35. The van der Waals surface area contributed by atoms with Crippen molar-refractivity contribution >= 4 is 22.5 Å². The maximum atomic E-state index is 12.3. The first-order valence-corrected chi connectivity index (χ1v) is 6.49. The summed E-state index contributed by atoms with van der Waals surface area (Å²) in [7, 11) is 0. The summed E-state index contributed by atoms with van der Waals surface area (Å²) in [5.41, 5.74) is 0.690. The summed E-state index contributed by atoms with van der Waals surface area (Å²) in [4.78, 5) is 27.1. The van der Waals surface area contributed by atoms with E-state index in [2.05, 4.69) is 4.98 Å². The number of aromatic nitrogens is 2. The van der Waals surface area contributed by atoms with Gasteiger partial charge in [0.2, 0.25) is 0 Å². The van der Waals surface area contributed by atoms with Crippen molar-refractivity contribution in [3.8, 4) is 0 Å². The zero-order valence-electron chi connectivity index (χ0n) is 10.5. The smallest absolute Gasteiger partial charge is 0.307 e. The number of hydrogen-bond donors (Lipinski definition) is 1. The lowest BCUT2D eigenvalue weighted by molar-refractivity contribution is 0.712. The summed E-state index contributed by atoms with van der Waals surface area (Å²) in [5.74, 6) is 0. The van der Waals surface area contributed by atoms with Gasteiger partial charge in [0.15, 0.2) is 0 Å². The quantitative estimate of drug-likeness (QED) is 0.786. The van der Waals surface area contributed by atoms with Gasteiger partial charge >= 0.3 is 5.69 Å². The van der Waals surface area contributed by atoms with Crippen LogP contribution in [0.2, 0.25) is 5.02 Å². The fraction of sp³-hybridized carbons (Fsp3) is 0.0667. The molecule has 3 aromatic rings. The molecule has 0 aliphatic heterocycles. The number of rotatable bonds is 2. The Hall–Kier alpha value is -2.33. The van der Waals surface area contributed by atoms with Crippen LogP contribution in [0.25, 0.3) is 10.9 Å². The summed E-state index contributed by atoms with van der Waals surface area (Å²) in [6.45, 7) is 0.218. The highest BCUT2D eigenvalue weighted by atomic mass is 35.5. The number of aromatic amines is 1. The molecule has 20 heavy (non-hydrogen) atoms. The van der Waals surface area contributed by atoms with E-state index in [0.29, 0.717) is 15.9 Å². The molecule has 0 bridgehead atoms. The standard InChI is InChI=1S/C15H11ClN2O2/c16-11-7-5-10(6-8-11)9-18-14(19)12-3-1-2-4-13(12)17-15(18)20/h1-8H,9H2,(H,17,20). The summed E-state index contributed by atoms with van der Waals surface area (Å²) < 4.78 is 1.19. The molecule has 3 rings (SSSR count). The predicted molar refractivity (Wildman–Crippen MR) is 79.4 cm³/mol. The molecule has 0 atom stereocenters. The fourth-order valence-electron chi connectivity index (χ4n) is 2.11. The number of H-pyrrole nitrogens is 1. The average Bonchev–Trinajstić information content (AvgIpc) is 2.45. The van der Waals surface area contributed by atoms with E-state index in [0.717, 1.165) is 5.56 Å². The molecule has 100 valence electrons. The van der Waals surface area contributed by atoms with Crippen molar-refractivity contribution in [2.45, 2.75) is 6.54 Å². The Morgan fingerprint density at radius 1 is 1.00 bits per heavy atom. The molecule has 0 unspecified atom stereocenters. The topological polar surface area (TPSA) is 54.9 Å². The molecule has 5 heteroatoms. The Morgan fingerprint density at radius 2 is 1.70 bits per heavy atom. The van der Waals surface area contributed by atoms with E-state index in [4.69, 9.17) is 11.6 Å². The minimum absolute atomic E-state index is 0.218. The molecule has 0 amide bonds. The van der Waals surface area contributed by atoms with Gasteiger partial charge in [-0.3, -0.25) is 9.36 Å². The molecular weight excluding hydrogens is 276 g/mol. The van der Waals surface area contributed by atoms with Crippen LogP contribution in [0.15, 0.2) is 58.1 Å². The van der Waals surface area contributed by atoms with Crippen LogP contribution in [-0.4, -0.2) is 9.55 Å². The van der Waals surface area contributed by atoms with Crippen molar-refractivity contribution in [3.63, 3.8) is 0 Å². The molecule has 0 radical (unpaired) electrons. The molecular formula is C15H11ClN2O2. The molecule has 0 spiro atoms. The predicted octanol–water partition coefficient (Wildman–Crippen LogP) is 2.39. The second-order valence-corrected chi connectivity index (χ2v) is 4.93. The molecule has 0 aliphatic rings. The number of nitrogens with one attached hydrogen (secondary N) is 1. The number of fused-ring (bicyclic) bond motifs is 1. The number of halogens is 1. The number of para-hydroxylation sites is 1. The third-order valence-electron chi connectivity index (χ3n) is 3.14. The van der Waals surface area contributed by atoms with Gasteiger partial charge in [-0.2, -0.15) is 0 Å². The second-order valence-electron chi connectivity index (χ2n) is 4.49. The molecule has 1 heterocycles. The third kappa shape index (κ3) is 2.26. The van der Waals surface area contributed by atoms with Crippen LogP contribution in [0.4, 0.5) is 0 Å². The van der Waals surface area contributed by atoms with Gasteiger partial charge < -0.3 is 4.98 Å². The van der Waals surface area contributed by atoms with E-state index in [1.54, 1.807) is 48.5 Å². The zero-order chi connectivity index (χ0) is 14.1. The van der Waals surface area contributed by atoms with Crippen molar-refractivity contribution in [3.05, 3.63) is 80.0 Å². The third-order valence-corrected chi connectivity index (χ3v) is 3.40. The largest absolute Gasteiger partial charge is 0.329 e. The first kappa shape index (κ1) is 12.7. The van der Waals surface area contributed by atoms with E-state index in [1.165, 1.54) is 4.57 Å². The highest BCUT2D eigenvalue weighted by Crippen LogP contribution is 2.10. The van der Waals surface area contributed by atoms with E-state index in [9.17, 15) is 9.59 Å². The van der Waals surface area contributed by atoms with E-state index >= 15 is 0 Å². The second kappa shape index (κ2) is 4.98. The van der Waals surface area contributed by atoms with Crippen LogP contribution in [0.3, 0.4) is 0 Å². The molecule has 0 saturated carbocycles. The van der Waals surface area contributed by atoms with Crippen LogP contribution in [0.1, 0.15) is 5.56 Å². The van der Waals surface area contributed by atoms with Crippen LogP contribution in [0, 0.1) is 0 Å². The van der Waals surface area contributed by atoms with Gasteiger partial charge in [-0.05, 0) is 29.8 Å². The van der Waals surface area contributed by atoms with Crippen molar-refractivity contribution in [2.24, 2.45) is 0 Å². The molecule has 1 N–H and O–H groups in total.